The van der Waals surface area contributed by atoms with Crippen LogP contribution in [-0.2, 0) is 0 Å². The van der Waals surface area contributed by atoms with Crippen molar-refractivity contribution in [3.8, 4) is 0 Å². The quantitative estimate of drug-likeness (QED) is 0.611. The number of thiocarbonyl (C=S) groups is 1. The van der Waals surface area contributed by atoms with E-state index in [4.69, 9.17) is 17.3 Å². The zero-order valence-corrected chi connectivity index (χ0v) is 7.84. The molecule has 4 nitrogen and oxygen atoms in total. The number of rotatable bonds is 3. The maximum Gasteiger partial charge on any atom is 0.170 e. The van der Waals surface area contributed by atoms with Crippen LogP contribution in [0.15, 0.2) is 24.5 Å². The van der Waals surface area contributed by atoms with E-state index in [-0.39, 0.29) is 6.61 Å². The summed E-state index contributed by atoms with van der Waals surface area (Å²) in [7, 11) is 0. The number of nitrogens with zero attached hydrogens (tertiary/aromatic N) is 1. The second kappa shape index (κ2) is 5.45. The van der Waals surface area contributed by atoms with E-state index < -0.39 is 0 Å². The van der Waals surface area contributed by atoms with Crippen LogP contribution in [0.4, 0.5) is 5.69 Å². The number of anilines is 1. The van der Waals surface area contributed by atoms with Crippen molar-refractivity contribution in [1.29, 1.82) is 0 Å². The molecule has 1 aromatic rings. The Kier molecular flexibility index (Phi) is 4.14. The van der Waals surface area contributed by atoms with E-state index in [0.29, 0.717) is 11.7 Å². The number of nitrogens with one attached hydrogen (secondary N) is 2. The molecular formula is C8H11N3OS. The summed E-state index contributed by atoms with van der Waals surface area (Å²) in [5.41, 5.74) is 0.831. The van der Waals surface area contributed by atoms with Crippen molar-refractivity contribution in [3.05, 3.63) is 24.5 Å². The molecule has 0 fully saturated rings. The Bertz CT molecular complexity index is 265. The summed E-state index contributed by atoms with van der Waals surface area (Å²) in [6.07, 6.45) is 3.36. The van der Waals surface area contributed by atoms with E-state index >= 15 is 0 Å². The van der Waals surface area contributed by atoms with Crippen LogP contribution in [0.1, 0.15) is 0 Å². The number of pyridine rings is 1. The lowest BCUT2D eigenvalue weighted by Crippen LogP contribution is -2.30. The molecule has 1 heterocycles. The fraction of sp³-hybridized carbons (Fsp3) is 0.250. The molecule has 0 unspecified atom stereocenters. The van der Waals surface area contributed by atoms with Gasteiger partial charge in [0, 0.05) is 12.7 Å². The van der Waals surface area contributed by atoms with Gasteiger partial charge < -0.3 is 15.7 Å². The van der Waals surface area contributed by atoms with E-state index in [1.165, 1.54) is 0 Å². The molecule has 13 heavy (non-hydrogen) atoms. The topological polar surface area (TPSA) is 57.2 Å². The first kappa shape index (κ1) is 9.88. The van der Waals surface area contributed by atoms with Crippen molar-refractivity contribution in [2.24, 2.45) is 0 Å². The van der Waals surface area contributed by atoms with Gasteiger partial charge in [0.05, 0.1) is 18.5 Å². The third-order valence-corrected chi connectivity index (χ3v) is 1.56. The van der Waals surface area contributed by atoms with Gasteiger partial charge in [-0.3, -0.25) is 4.98 Å². The Morgan fingerprint density at radius 1 is 1.62 bits per heavy atom. The summed E-state index contributed by atoms with van der Waals surface area (Å²) < 4.78 is 0. The number of aliphatic hydroxyl groups is 1. The van der Waals surface area contributed by atoms with Crippen LogP contribution in [-0.4, -0.2) is 28.4 Å². The average molecular weight is 197 g/mol. The molecule has 1 aromatic heterocycles. The monoisotopic (exact) mass is 197 g/mol. The average Bonchev–Trinajstić information content (AvgIpc) is 2.16. The van der Waals surface area contributed by atoms with Crippen LogP contribution < -0.4 is 10.6 Å². The minimum absolute atomic E-state index is 0.0643. The number of hydrogen-bond donors (Lipinski definition) is 3. The molecule has 0 spiro atoms. The Labute approximate surface area is 82.0 Å². The molecule has 5 heteroatoms. The summed E-state index contributed by atoms with van der Waals surface area (Å²) in [5, 5.41) is 14.8. The highest BCUT2D eigenvalue weighted by Crippen LogP contribution is 2.01. The molecule has 0 aromatic carbocycles. The molecule has 0 saturated carbocycles. The molecule has 70 valence electrons. The zero-order valence-electron chi connectivity index (χ0n) is 7.03. The van der Waals surface area contributed by atoms with Gasteiger partial charge in [0.1, 0.15) is 0 Å². The van der Waals surface area contributed by atoms with Gasteiger partial charge in [-0.1, -0.05) is 0 Å². The van der Waals surface area contributed by atoms with E-state index in [9.17, 15) is 0 Å². The maximum absolute atomic E-state index is 8.52. The molecule has 0 bridgehead atoms. The molecule has 0 radical (unpaired) electrons. The van der Waals surface area contributed by atoms with Crippen molar-refractivity contribution in [1.82, 2.24) is 10.3 Å². The van der Waals surface area contributed by atoms with Crippen LogP contribution >= 0.6 is 12.2 Å². The van der Waals surface area contributed by atoms with Gasteiger partial charge in [0.2, 0.25) is 0 Å². The second-order valence-corrected chi connectivity index (χ2v) is 2.75. The first-order valence-electron chi connectivity index (χ1n) is 3.88. The molecule has 1 rings (SSSR count). The summed E-state index contributed by atoms with van der Waals surface area (Å²) >= 11 is 4.94. The lowest BCUT2D eigenvalue weighted by atomic mass is 10.4. The molecular weight excluding hydrogens is 186 g/mol. The Hall–Kier alpha value is -1.20. The number of hydrogen-bond acceptors (Lipinski definition) is 3. The lowest BCUT2D eigenvalue weighted by Gasteiger charge is -2.08. The van der Waals surface area contributed by atoms with Gasteiger partial charge in [-0.25, -0.2) is 0 Å². The van der Waals surface area contributed by atoms with E-state index in [2.05, 4.69) is 15.6 Å². The Morgan fingerprint density at radius 2 is 2.46 bits per heavy atom. The standard InChI is InChI=1S/C8H11N3OS/c12-5-4-10-8(13)11-7-2-1-3-9-6-7/h1-3,6,12H,4-5H2,(H2,10,11,13). The molecule has 0 aliphatic heterocycles. The molecule has 0 atom stereocenters. The first-order chi connectivity index (χ1) is 6.33. The molecule has 0 aliphatic rings. The van der Waals surface area contributed by atoms with Crippen molar-refractivity contribution < 1.29 is 5.11 Å². The van der Waals surface area contributed by atoms with Gasteiger partial charge in [-0.05, 0) is 24.4 Å². The summed E-state index contributed by atoms with van der Waals surface area (Å²) in [4.78, 5) is 3.92. The molecule has 0 aliphatic carbocycles. The van der Waals surface area contributed by atoms with Gasteiger partial charge in [0.15, 0.2) is 5.11 Å². The highest BCUT2D eigenvalue weighted by Gasteiger charge is 1.94. The van der Waals surface area contributed by atoms with Crippen LogP contribution in [0.2, 0.25) is 0 Å². The largest absolute Gasteiger partial charge is 0.395 e. The van der Waals surface area contributed by atoms with Crippen LogP contribution in [0.3, 0.4) is 0 Å². The summed E-state index contributed by atoms with van der Waals surface area (Å²) in [6.45, 7) is 0.515. The zero-order chi connectivity index (χ0) is 9.52. The van der Waals surface area contributed by atoms with Crippen molar-refractivity contribution in [2.75, 3.05) is 18.5 Å². The van der Waals surface area contributed by atoms with Crippen LogP contribution in [0.5, 0.6) is 0 Å². The smallest absolute Gasteiger partial charge is 0.170 e. The molecule has 3 N–H and O–H groups in total. The number of aromatic nitrogens is 1. The number of aliphatic hydroxyl groups excluding tert-OH is 1. The molecule has 0 amide bonds. The second-order valence-electron chi connectivity index (χ2n) is 2.35. The van der Waals surface area contributed by atoms with Gasteiger partial charge in [0.25, 0.3) is 0 Å². The van der Waals surface area contributed by atoms with Crippen LogP contribution in [0, 0.1) is 0 Å². The fourth-order valence-corrected chi connectivity index (χ4v) is 1.00. The Morgan fingerprint density at radius 3 is 3.08 bits per heavy atom. The van der Waals surface area contributed by atoms with Crippen molar-refractivity contribution >= 4 is 23.0 Å². The fourth-order valence-electron chi connectivity index (χ4n) is 0.781. The van der Waals surface area contributed by atoms with E-state index in [1.807, 2.05) is 12.1 Å². The minimum atomic E-state index is 0.0643. The summed E-state index contributed by atoms with van der Waals surface area (Å²) in [6, 6.07) is 3.68. The summed E-state index contributed by atoms with van der Waals surface area (Å²) in [5.74, 6) is 0. The third-order valence-electron chi connectivity index (χ3n) is 1.32. The molecule has 0 saturated heterocycles. The van der Waals surface area contributed by atoms with Gasteiger partial charge >= 0.3 is 0 Å². The van der Waals surface area contributed by atoms with Crippen molar-refractivity contribution in [3.63, 3.8) is 0 Å². The predicted octanol–water partition coefficient (Wildman–Crippen LogP) is 0.360. The Balaban J connectivity index is 2.37. The highest BCUT2D eigenvalue weighted by atomic mass is 32.1. The lowest BCUT2D eigenvalue weighted by molar-refractivity contribution is 0.301. The van der Waals surface area contributed by atoms with E-state index in [1.54, 1.807) is 12.4 Å². The van der Waals surface area contributed by atoms with Crippen LogP contribution in [0.25, 0.3) is 0 Å². The predicted molar refractivity (Wildman–Crippen MR) is 55.5 cm³/mol. The normalized spacial score (nSPS) is 9.31. The van der Waals surface area contributed by atoms with Gasteiger partial charge in [-0.2, -0.15) is 0 Å². The maximum atomic E-state index is 8.52. The highest BCUT2D eigenvalue weighted by molar-refractivity contribution is 7.80. The van der Waals surface area contributed by atoms with Gasteiger partial charge in [-0.15, -0.1) is 0 Å². The first-order valence-corrected chi connectivity index (χ1v) is 4.29. The third kappa shape index (κ3) is 3.82. The SMILES string of the molecule is OCCNC(=S)Nc1cccnc1. The van der Waals surface area contributed by atoms with Crippen molar-refractivity contribution in [2.45, 2.75) is 0 Å². The minimum Gasteiger partial charge on any atom is -0.395 e. The van der Waals surface area contributed by atoms with E-state index in [0.717, 1.165) is 5.69 Å².